The van der Waals surface area contributed by atoms with E-state index >= 15 is 0 Å². The molecule has 1 N–H and O–H groups in total. The lowest BCUT2D eigenvalue weighted by molar-refractivity contribution is -0.117. The van der Waals surface area contributed by atoms with Gasteiger partial charge in [0, 0.05) is 16.7 Å². The van der Waals surface area contributed by atoms with Crippen molar-refractivity contribution >= 4 is 46.0 Å². The molecular formula is C28H21ClN2O4. The minimum Gasteiger partial charge on any atom is -0.493 e. The summed E-state index contributed by atoms with van der Waals surface area (Å²) in [6.45, 7) is 0.256. The van der Waals surface area contributed by atoms with E-state index < -0.39 is 11.8 Å². The molecule has 1 heterocycles. The fourth-order valence-electron chi connectivity index (χ4n) is 4.04. The predicted octanol–water partition coefficient (Wildman–Crippen LogP) is 5.54. The molecular weight excluding hydrogens is 464 g/mol. The van der Waals surface area contributed by atoms with E-state index in [9.17, 15) is 9.59 Å². The molecule has 4 aromatic rings. The van der Waals surface area contributed by atoms with Crippen molar-refractivity contribution in [3.63, 3.8) is 0 Å². The van der Waals surface area contributed by atoms with Crippen LogP contribution in [0.4, 0.5) is 5.69 Å². The summed E-state index contributed by atoms with van der Waals surface area (Å²) in [4.78, 5) is 25.8. The second-order valence-electron chi connectivity index (χ2n) is 7.93. The smallest absolute Gasteiger partial charge is 0.282 e. The van der Waals surface area contributed by atoms with Crippen molar-refractivity contribution in [2.24, 2.45) is 0 Å². The molecule has 1 aliphatic heterocycles. The SMILES string of the molecule is COc1cc(Cl)cc(/C=C2/C(=O)NN(c3ccccc3)C2=O)c1OCc1cccc2ccccc12. The summed E-state index contributed by atoms with van der Waals surface area (Å²) < 4.78 is 11.7. The van der Waals surface area contributed by atoms with Crippen molar-refractivity contribution in [1.82, 2.24) is 5.43 Å². The van der Waals surface area contributed by atoms with Crippen LogP contribution in [0, 0.1) is 0 Å². The van der Waals surface area contributed by atoms with Gasteiger partial charge in [-0.1, -0.05) is 72.3 Å². The Labute approximate surface area is 207 Å². The number of fused-ring (bicyclic) bond motifs is 1. The molecule has 0 atom stereocenters. The number of para-hydroxylation sites is 1. The number of hydrogen-bond donors (Lipinski definition) is 1. The molecule has 0 saturated carbocycles. The molecule has 4 aromatic carbocycles. The first-order valence-corrected chi connectivity index (χ1v) is 11.3. The van der Waals surface area contributed by atoms with Crippen molar-refractivity contribution in [2.45, 2.75) is 6.61 Å². The first-order chi connectivity index (χ1) is 17.0. The van der Waals surface area contributed by atoms with Crippen molar-refractivity contribution in [3.8, 4) is 11.5 Å². The number of methoxy groups -OCH3 is 1. The standard InChI is InChI=1S/C28H21ClN2O4/c1-34-25-16-21(29)14-20(15-24-27(32)30-31(28(24)33)22-11-3-2-4-12-22)26(25)35-17-19-10-7-9-18-8-5-6-13-23(18)19/h2-16H,17H2,1H3,(H,30,32)/b24-15-. The highest BCUT2D eigenvalue weighted by Crippen LogP contribution is 2.37. The third-order valence-electron chi connectivity index (χ3n) is 5.73. The number of carbonyl (C=O) groups excluding carboxylic acids is 2. The van der Waals surface area contributed by atoms with Crippen LogP contribution in [0.5, 0.6) is 11.5 Å². The zero-order chi connectivity index (χ0) is 24.4. The second-order valence-corrected chi connectivity index (χ2v) is 8.36. The van der Waals surface area contributed by atoms with Gasteiger partial charge in [0.25, 0.3) is 11.8 Å². The number of ether oxygens (including phenoxy) is 2. The number of anilines is 1. The number of nitrogens with one attached hydrogen (secondary N) is 1. The van der Waals surface area contributed by atoms with E-state index in [0.29, 0.717) is 27.8 Å². The molecule has 5 rings (SSSR count). The average molecular weight is 485 g/mol. The first kappa shape index (κ1) is 22.5. The topological polar surface area (TPSA) is 67.9 Å². The zero-order valence-corrected chi connectivity index (χ0v) is 19.6. The molecule has 2 amide bonds. The Morgan fingerprint density at radius 3 is 2.49 bits per heavy atom. The number of nitrogens with zero attached hydrogens (tertiary/aromatic N) is 1. The minimum absolute atomic E-state index is 0.0341. The number of amides is 2. The molecule has 1 saturated heterocycles. The molecule has 0 spiro atoms. The van der Waals surface area contributed by atoms with Gasteiger partial charge in [0.15, 0.2) is 11.5 Å². The van der Waals surface area contributed by atoms with Crippen LogP contribution in [0.2, 0.25) is 5.02 Å². The summed E-state index contributed by atoms with van der Waals surface area (Å²) in [6, 6.07) is 26.2. The maximum absolute atomic E-state index is 13.1. The number of benzene rings is 4. The van der Waals surface area contributed by atoms with E-state index in [-0.39, 0.29) is 12.2 Å². The molecule has 0 aliphatic carbocycles. The Morgan fingerprint density at radius 2 is 1.69 bits per heavy atom. The lowest BCUT2D eigenvalue weighted by atomic mass is 10.1. The quantitative estimate of drug-likeness (QED) is 0.288. The average Bonchev–Trinajstić information content (AvgIpc) is 3.16. The predicted molar refractivity (Wildman–Crippen MR) is 136 cm³/mol. The van der Waals surface area contributed by atoms with Gasteiger partial charge in [-0.2, -0.15) is 0 Å². The Kier molecular flexibility index (Phi) is 6.12. The zero-order valence-electron chi connectivity index (χ0n) is 18.8. The monoisotopic (exact) mass is 484 g/mol. The second kappa shape index (κ2) is 9.52. The minimum atomic E-state index is -0.516. The molecule has 174 valence electrons. The highest BCUT2D eigenvalue weighted by atomic mass is 35.5. The van der Waals surface area contributed by atoms with Crippen molar-refractivity contribution in [3.05, 3.63) is 107 Å². The largest absolute Gasteiger partial charge is 0.493 e. The molecule has 0 aromatic heterocycles. The van der Waals surface area contributed by atoms with Crippen molar-refractivity contribution in [1.29, 1.82) is 0 Å². The Morgan fingerprint density at radius 1 is 0.943 bits per heavy atom. The summed E-state index contributed by atoms with van der Waals surface area (Å²) in [5.41, 5.74) is 4.58. The van der Waals surface area contributed by atoms with Gasteiger partial charge < -0.3 is 9.47 Å². The van der Waals surface area contributed by atoms with E-state index in [1.165, 1.54) is 18.2 Å². The number of hydrogen-bond acceptors (Lipinski definition) is 4. The van der Waals surface area contributed by atoms with Gasteiger partial charge in [-0.3, -0.25) is 15.0 Å². The van der Waals surface area contributed by atoms with Gasteiger partial charge in [0.1, 0.15) is 12.2 Å². The highest BCUT2D eigenvalue weighted by Gasteiger charge is 2.34. The molecule has 0 unspecified atom stereocenters. The molecule has 0 bridgehead atoms. The van der Waals surface area contributed by atoms with Crippen LogP contribution in [0.25, 0.3) is 16.8 Å². The summed E-state index contributed by atoms with van der Waals surface area (Å²) >= 11 is 6.32. The number of rotatable bonds is 6. The molecule has 6 nitrogen and oxygen atoms in total. The Bertz CT molecular complexity index is 1460. The van der Waals surface area contributed by atoms with Crippen LogP contribution in [-0.4, -0.2) is 18.9 Å². The van der Waals surface area contributed by atoms with Gasteiger partial charge in [0.05, 0.1) is 12.8 Å². The van der Waals surface area contributed by atoms with Crippen LogP contribution in [0.15, 0.2) is 90.5 Å². The van der Waals surface area contributed by atoms with Crippen LogP contribution in [0.3, 0.4) is 0 Å². The normalized spacial score (nSPS) is 14.5. The lowest BCUT2D eigenvalue weighted by Crippen LogP contribution is -2.35. The third-order valence-corrected chi connectivity index (χ3v) is 5.94. The van der Waals surface area contributed by atoms with E-state index in [0.717, 1.165) is 16.3 Å². The fraction of sp³-hybridized carbons (Fsp3) is 0.0714. The summed E-state index contributed by atoms with van der Waals surface area (Å²) in [7, 11) is 1.51. The molecule has 7 heteroatoms. The van der Waals surface area contributed by atoms with E-state index in [4.69, 9.17) is 21.1 Å². The summed E-state index contributed by atoms with van der Waals surface area (Å²) in [5, 5.41) is 3.78. The Balaban J connectivity index is 1.51. The van der Waals surface area contributed by atoms with Crippen LogP contribution >= 0.6 is 11.6 Å². The van der Waals surface area contributed by atoms with Crippen molar-refractivity contribution < 1.29 is 19.1 Å². The maximum atomic E-state index is 13.1. The third kappa shape index (κ3) is 4.44. The molecule has 35 heavy (non-hydrogen) atoms. The first-order valence-electron chi connectivity index (χ1n) is 10.9. The number of halogens is 1. The fourth-order valence-corrected chi connectivity index (χ4v) is 4.26. The summed E-state index contributed by atoms with van der Waals surface area (Å²) in [5.74, 6) is -0.204. The van der Waals surface area contributed by atoms with E-state index in [1.807, 2.05) is 48.5 Å². The highest BCUT2D eigenvalue weighted by molar-refractivity contribution is 6.32. The Hall–Kier alpha value is -4.29. The van der Waals surface area contributed by atoms with Gasteiger partial charge in [-0.05, 0) is 40.6 Å². The van der Waals surface area contributed by atoms with Crippen LogP contribution < -0.4 is 19.9 Å². The maximum Gasteiger partial charge on any atom is 0.282 e. The van der Waals surface area contributed by atoms with Crippen LogP contribution in [-0.2, 0) is 16.2 Å². The van der Waals surface area contributed by atoms with E-state index in [2.05, 4.69) is 5.43 Å². The molecule has 0 radical (unpaired) electrons. The van der Waals surface area contributed by atoms with Crippen molar-refractivity contribution in [2.75, 3.05) is 12.1 Å². The van der Waals surface area contributed by atoms with Gasteiger partial charge in [-0.25, -0.2) is 5.01 Å². The lowest BCUT2D eigenvalue weighted by Gasteiger charge is -2.16. The van der Waals surface area contributed by atoms with Gasteiger partial charge in [0.2, 0.25) is 0 Å². The summed E-state index contributed by atoms with van der Waals surface area (Å²) in [6.07, 6.45) is 1.48. The number of hydrazine groups is 1. The van der Waals surface area contributed by atoms with Gasteiger partial charge >= 0.3 is 0 Å². The molecule has 1 aliphatic rings. The van der Waals surface area contributed by atoms with Crippen LogP contribution in [0.1, 0.15) is 11.1 Å². The van der Waals surface area contributed by atoms with Gasteiger partial charge in [-0.15, -0.1) is 0 Å². The number of carbonyl (C=O) groups is 2. The molecule has 1 fully saturated rings. The van der Waals surface area contributed by atoms with E-state index in [1.54, 1.807) is 36.4 Å².